The number of carbonyl (C=O) groups is 3. The van der Waals surface area contributed by atoms with Crippen molar-refractivity contribution >= 4 is 17.7 Å². The first-order valence-corrected chi connectivity index (χ1v) is 5.52. The second kappa shape index (κ2) is 4.44. The molecule has 3 unspecified atom stereocenters. The highest BCUT2D eigenvalue weighted by atomic mass is 16.5. The molecule has 0 bridgehead atoms. The predicted octanol–water partition coefficient (Wildman–Crippen LogP) is -0.493. The third kappa shape index (κ3) is 1.93. The molecular formula is C11H15NO5. The number of rotatable bonds is 2. The molecule has 0 saturated carbocycles. The van der Waals surface area contributed by atoms with E-state index in [1.807, 2.05) is 0 Å². The molecule has 2 aliphatic rings. The fourth-order valence-electron chi connectivity index (χ4n) is 2.65. The van der Waals surface area contributed by atoms with Gasteiger partial charge in [-0.25, -0.2) is 4.79 Å². The van der Waals surface area contributed by atoms with Crippen molar-refractivity contribution in [3.05, 3.63) is 0 Å². The number of Topliss-reactive ketones (excluding diaryl/α,β-unsaturated/α-hetero) is 1. The molecule has 2 aliphatic heterocycles. The normalized spacial score (nSPS) is 32.6. The zero-order valence-corrected chi connectivity index (χ0v) is 9.84. The van der Waals surface area contributed by atoms with Crippen molar-refractivity contribution in [2.45, 2.75) is 37.5 Å². The minimum atomic E-state index is -0.615. The average molecular weight is 241 g/mol. The maximum Gasteiger partial charge on any atom is 0.328 e. The molecule has 0 aromatic rings. The van der Waals surface area contributed by atoms with Crippen molar-refractivity contribution in [2.75, 3.05) is 14.2 Å². The van der Waals surface area contributed by atoms with Crippen molar-refractivity contribution in [3.63, 3.8) is 0 Å². The average Bonchev–Trinajstić information content (AvgIpc) is 2.66. The number of hydrogen-bond donors (Lipinski definition) is 0. The number of nitrogens with zero attached hydrogens (tertiary/aromatic N) is 1. The van der Waals surface area contributed by atoms with E-state index in [4.69, 9.17) is 4.74 Å². The summed E-state index contributed by atoms with van der Waals surface area (Å²) in [6, 6.07) is -0.937. The Morgan fingerprint density at radius 2 is 2.06 bits per heavy atom. The second-order valence-electron chi connectivity index (χ2n) is 4.34. The summed E-state index contributed by atoms with van der Waals surface area (Å²) < 4.78 is 9.93. The molecule has 0 aromatic carbocycles. The molecule has 2 rings (SSSR count). The quantitative estimate of drug-likeness (QED) is 0.481. The first kappa shape index (κ1) is 12.0. The number of hydrogen-bond acceptors (Lipinski definition) is 5. The Morgan fingerprint density at radius 3 is 2.65 bits per heavy atom. The number of ether oxygens (including phenoxy) is 2. The van der Waals surface area contributed by atoms with Crippen LogP contribution in [0.1, 0.15) is 19.3 Å². The van der Waals surface area contributed by atoms with Crippen LogP contribution in [0.3, 0.4) is 0 Å². The van der Waals surface area contributed by atoms with Gasteiger partial charge < -0.3 is 14.4 Å². The van der Waals surface area contributed by atoms with Crippen LogP contribution in [-0.4, -0.2) is 55.0 Å². The van der Waals surface area contributed by atoms with E-state index in [1.54, 1.807) is 0 Å². The van der Waals surface area contributed by atoms with E-state index in [0.29, 0.717) is 6.42 Å². The smallest absolute Gasteiger partial charge is 0.328 e. The van der Waals surface area contributed by atoms with E-state index in [0.717, 1.165) is 0 Å². The highest BCUT2D eigenvalue weighted by Crippen LogP contribution is 2.33. The predicted molar refractivity (Wildman–Crippen MR) is 56.1 cm³/mol. The van der Waals surface area contributed by atoms with Gasteiger partial charge >= 0.3 is 5.97 Å². The molecule has 17 heavy (non-hydrogen) atoms. The minimum Gasteiger partial charge on any atom is -0.467 e. The van der Waals surface area contributed by atoms with Crippen LogP contribution in [0, 0.1) is 0 Å². The van der Waals surface area contributed by atoms with Crippen LogP contribution in [0.4, 0.5) is 0 Å². The molecule has 6 nitrogen and oxygen atoms in total. The minimum absolute atomic E-state index is 0.0937. The molecule has 0 aromatic heterocycles. The van der Waals surface area contributed by atoms with E-state index >= 15 is 0 Å². The van der Waals surface area contributed by atoms with Crippen LogP contribution >= 0.6 is 0 Å². The molecule has 0 N–H and O–H groups in total. The molecule has 2 heterocycles. The number of fused-ring (bicyclic) bond motifs is 1. The summed E-state index contributed by atoms with van der Waals surface area (Å²) in [5.74, 6) is -0.845. The molecule has 1 amide bonds. The van der Waals surface area contributed by atoms with Gasteiger partial charge in [0.25, 0.3) is 0 Å². The summed E-state index contributed by atoms with van der Waals surface area (Å²) in [7, 11) is 2.81. The largest absolute Gasteiger partial charge is 0.467 e. The maximum absolute atomic E-state index is 11.8. The first-order chi connectivity index (χ1) is 8.08. The summed E-state index contributed by atoms with van der Waals surface area (Å²) in [5, 5.41) is 0. The van der Waals surface area contributed by atoms with E-state index in [9.17, 15) is 14.4 Å². The zero-order valence-electron chi connectivity index (χ0n) is 9.84. The summed E-state index contributed by atoms with van der Waals surface area (Å²) in [4.78, 5) is 36.3. The van der Waals surface area contributed by atoms with Crippen LogP contribution in [0.25, 0.3) is 0 Å². The lowest BCUT2D eigenvalue weighted by Gasteiger charge is -2.33. The first-order valence-electron chi connectivity index (χ1n) is 5.52. The Balaban J connectivity index is 2.26. The van der Waals surface area contributed by atoms with Gasteiger partial charge in [0, 0.05) is 20.0 Å². The monoisotopic (exact) mass is 241 g/mol. The van der Waals surface area contributed by atoms with Crippen molar-refractivity contribution < 1.29 is 23.9 Å². The van der Waals surface area contributed by atoms with E-state index in [-0.39, 0.29) is 36.7 Å². The third-order valence-electron chi connectivity index (χ3n) is 3.43. The van der Waals surface area contributed by atoms with Gasteiger partial charge in [-0.1, -0.05) is 0 Å². The SMILES string of the molecule is COC(=O)C1CC(OC)C2CC(=O)CC(=O)N12. The van der Waals surface area contributed by atoms with Crippen molar-refractivity contribution in [1.29, 1.82) is 0 Å². The zero-order chi connectivity index (χ0) is 12.6. The Labute approximate surface area is 98.8 Å². The van der Waals surface area contributed by atoms with Crippen LogP contribution in [-0.2, 0) is 23.9 Å². The topological polar surface area (TPSA) is 72.9 Å². The molecule has 94 valence electrons. The number of methoxy groups -OCH3 is 2. The highest BCUT2D eigenvalue weighted by molar-refractivity contribution is 6.02. The third-order valence-corrected chi connectivity index (χ3v) is 3.43. The van der Waals surface area contributed by atoms with E-state index in [1.165, 1.54) is 19.1 Å². The maximum atomic E-state index is 11.8. The Kier molecular flexibility index (Phi) is 3.15. The summed E-state index contributed by atoms with van der Waals surface area (Å²) in [6.45, 7) is 0. The number of piperidine rings is 1. The second-order valence-corrected chi connectivity index (χ2v) is 4.34. The van der Waals surface area contributed by atoms with Crippen molar-refractivity contribution in [1.82, 2.24) is 4.90 Å². The molecule has 3 atom stereocenters. The Hall–Kier alpha value is -1.43. The lowest BCUT2D eigenvalue weighted by Crippen LogP contribution is -2.51. The Morgan fingerprint density at radius 1 is 1.35 bits per heavy atom. The molecule has 6 heteroatoms. The lowest BCUT2D eigenvalue weighted by molar-refractivity contribution is -0.155. The van der Waals surface area contributed by atoms with Gasteiger partial charge in [-0.2, -0.15) is 0 Å². The van der Waals surface area contributed by atoms with E-state index < -0.39 is 12.0 Å². The van der Waals surface area contributed by atoms with Crippen LogP contribution in [0.2, 0.25) is 0 Å². The standard InChI is InChI=1S/C11H15NO5/c1-16-9-5-8(11(15)17-2)12-7(9)3-6(13)4-10(12)14/h7-9H,3-5H2,1-2H3. The van der Waals surface area contributed by atoms with Gasteiger partial charge in [-0.3, -0.25) is 9.59 Å². The summed E-state index contributed by atoms with van der Waals surface area (Å²) in [5.41, 5.74) is 0. The number of esters is 1. The van der Waals surface area contributed by atoms with Gasteiger partial charge in [0.15, 0.2) is 0 Å². The number of amides is 1. The van der Waals surface area contributed by atoms with Gasteiger partial charge in [0.2, 0.25) is 5.91 Å². The fourth-order valence-corrected chi connectivity index (χ4v) is 2.65. The molecule has 0 aliphatic carbocycles. The number of ketones is 1. The van der Waals surface area contributed by atoms with Crippen LogP contribution < -0.4 is 0 Å². The molecule has 0 radical (unpaired) electrons. The summed E-state index contributed by atoms with van der Waals surface area (Å²) >= 11 is 0. The van der Waals surface area contributed by atoms with Gasteiger partial charge in [0.1, 0.15) is 11.8 Å². The van der Waals surface area contributed by atoms with Gasteiger partial charge in [-0.15, -0.1) is 0 Å². The van der Waals surface area contributed by atoms with Crippen molar-refractivity contribution in [3.8, 4) is 0 Å². The molecule has 0 spiro atoms. The lowest BCUT2D eigenvalue weighted by atomic mass is 9.99. The highest BCUT2D eigenvalue weighted by Gasteiger charge is 2.50. The fraction of sp³-hybridized carbons (Fsp3) is 0.727. The van der Waals surface area contributed by atoms with Crippen LogP contribution in [0.15, 0.2) is 0 Å². The number of carbonyl (C=O) groups excluding carboxylic acids is 3. The van der Waals surface area contributed by atoms with Gasteiger partial charge in [-0.05, 0) is 0 Å². The van der Waals surface area contributed by atoms with Gasteiger partial charge in [0.05, 0.1) is 25.7 Å². The summed E-state index contributed by atoms with van der Waals surface area (Å²) in [6.07, 6.45) is 0.262. The molecular weight excluding hydrogens is 226 g/mol. The molecule has 2 saturated heterocycles. The van der Waals surface area contributed by atoms with Crippen molar-refractivity contribution in [2.24, 2.45) is 0 Å². The molecule has 2 fully saturated rings. The Bertz CT molecular complexity index is 367. The van der Waals surface area contributed by atoms with Crippen LogP contribution in [0.5, 0.6) is 0 Å². The van der Waals surface area contributed by atoms with E-state index in [2.05, 4.69) is 4.74 Å².